The maximum absolute atomic E-state index is 14.5. The Morgan fingerprint density at radius 3 is 2.86 bits per heavy atom. The molecule has 2 saturated heterocycles. The van der Waals surface area contributed by atoms with Crippen molar-refractivity contribution < 1.29 is 27.1 Å². The first-order chi connectivity index (χ1) is 17.7. The maximum Gasteiger partial charge on any atom is 0.397 e. The largest absolute Gasteiger partial charge is 0.422 e. The standard InChI is InChI=1S/C24H22F3N7O3/c25-24(26,27)23-11-22(23,21-32-31-20(37-21)17-9-33(6-7-36-17)10-18(29)35)12-34(13-23)16-4-3-14(8-28)19-15(16)2-1-5-30-19/h1-5,17H,6-7,9-13H2,(H2,29,35)/t17-,22+,23+/m1/s1. The molecule has 10 nitrogen and oxygen atoms in total. The lowest BCUT2D eigenvalue weighted by Crippen LogP contribution is -2.42. The molecule has 6 rings (SSSR count). The highest BCUT2D eigenvalue weighted by Gasteiger charge is 2.86. The Morgan fingerprint density at radius 2 is 2.11 bits per heavy atom. The third-order valence-corrected chi connectivity index (χ3v) is 7.72. The fourth-order valence-electron chi connectivity index (χ4n) is 5.87. The molecule has 1 aromatic carbocycles. The molecule has 0 unspecified atom stereocenters. The highest BCUT2D eigenvalue weighted by molar-refractivity contribution is 5.95. The van der Waals surface area contributed by atoms with E-state index in [1.54, 1.807) is 40.3 Å². The van der Waals surface area contributed by atoms with Crippen LogP contribution in [0, 0.1) is 16.7 Å². The number of pyridine rings is 1. The zero-order valence-corrected chi connectivity index (χ0v) is 19.5. The molecule has 13 heteroatoms. The van der Waals surface area contributed by atoms with E-state index in [2.05, 4.69) is 21.3 Å². The van der Waals surface area contributed by atoms with Crippen molar-refractivity contribution in [3.8, 4) is 6.07 Å². The molecule has 1 saturated carbocycles. The van der Waals surface area contributed by atoms with Crippen LogP contribution in [0.1, 0.15) is 29.9 Å². The number of halogens is 3. The molecule has 1 amide bonds. The normalized spacial score (nSPS) is 27.7. The number of morpholine rings is 1. The maximum atomic E-state index is 14.5. The first kappa shape index (κ1) is 23.6. The highest BCUT2D eigenvalue weighted by atomic mass is 19.4. The van der Waals surface area contributed by atoms with E-state index in [1.807, 2.05) is 0 Å². The van der Waals surface area contributed by atoms with Crippen molar-refractivity contribution in [1.82, 2.24) is 20.1 Å². The first-order valence-corrected chi connectivity index (χ1v) is 11.7. The number of carbonyl (C=O) groups is 1. The van der Waals surface area contributed by atoms with E-state index in [-0.39, 0.29) is 44.4 Å². The van der Waals surface area contributed by atoms with Gasteiger partial charge in [-0.1, -0.05) is 0 Å². The fourth-order valence-corrected chi connectivity index (χ4v) is 5.87. The van der Waals surface area contributed by atoms with Gasteiger partial charge in [-0.2, -0.15) is 18.4 Å². The summed E-state index contributed by atoms with van der Waals surface area (Å²) in [5, 5.41) is 18.1. The summed E-state index contributed by atoms with van der Waals surface area (Å²) in [5.41, 5.74) is 3.19. The Hall–Kier alpha value is -3.76. The number of anilines is 1. The molecule has 3 aliphatic rings. The molecule has 3 aromatic rings. The molecule has 0 radical (unpaired) electrons. The van der Waals surface area contributed by atoms with Crippen molar-refractivity contribution in [3.05, 3.63) is 47.8 Å². The summed E-state index contributed by atoms with van der Waals surface area (Å²) in [6, 6.07) is 8.75. The first-order valence-electron chi connectivity index (χ1n) is 11.7. The number of benzene rings is 1. The molecule has 2 aromatic heterocycles. The second-order valence-electron chi connectivity index (χ2n) is 9.84. The molecule has 3 atom stereocenters. The van der Waals surface area contributed by atoms with Gasteiger partial charge in [-0.15, -0.1) is 10.2 Å². The zero-order chi connectivity index (χ0) is 26.0. The summed E-state index contributed by atoms with van der Waals surface area (Å²) in [6.45, 7) is 0.813. The van der Waals surface area contributed by atoms with E-state index >= 15 is 0 Å². The minimum atomic E-state index is -4.50. The van der Waals surface area contributed by atoms with Crippen LogP contribution in [0.5, 0.6) is 0 Å². The van der Waals surface area contributed by atoms with Crippen molar-refractivity contribution in [2.24, 2.45) is 11.1 Å². The van der Waals surface area contributed by atoms with Crippen LogP contribution in [-0.4, -0.2) is 71.5 Å². The Morgan fingerprint density at radius 1 is 1.27 bits per heavy atom. The van der Waals surface area contributed by atoms with E-state index < -0.39 is 29.0 Å². The minimum Gasteiger partial charge on any atom is -0.422 e. The van der Waals surface area contributed by atoms with Gasteiger partial charge in [-0.3, -0.25) is 14.7 Å². The van der Waals surface area contributed by atoms with E-state index in [0.717, 1.165) is 0 Å². The summed E-state index contributed by atoms with van der Waals surface area (Å²) in [5.74, 6) is -0.489. The minimum absolute atomic E-state index is 0.0172. The fraction of sp³-hybridized carbons (Fsp3) is 0.458. The number of alkyl halides is 3. The monoisotopic (exact) mass is 513 g/mol. The number of piperidine rings is 1. The lowest BCUT2D eigenvalue weighted by Gasteiger charge is -2.30. The number of amides is 1. The van der Waals surface area contributed by atoms with Crippen molar-refractivity contribution in [2.45, 2.75) is 24.1 Å². The Labute approximate surface area is 208 Å². The quantitative estimate of drug-likeness (QED) is 0.544. The number of nitrogens with zero attached hydrogens (tertiary/aromatic N) is 6. The molecule has 2 N–H and O–H groups in total. The van der Waals surface area contributed by atoms with Crippen LogP contribution in [0.15, 0.2) is 34.9 Å². The van der Waals surface area contributed by atoms with Crippen LogP contribution in [0.4, 0.5) is 18.9 Å². The van der Waals surface area contributed by atoms with E-state index in [4.69, 9.17) is 14.9 Å². The van der Waals surface area contributed by atoms with Gasteiger partial charge in [0.05, 0.1) is 29.6 Å². The van der Waals surface area contributed by atoms with Crippen LogP contribution >= 0.6 is 0 Å². The van der Waals surface area contributed by atoms with Crippen molar-refractivity contribution >= 4 is 22.5 Å². The lowest BCUT2D eigenvalue weighted by atomic mass is 9.95. The number of hydrogen-bond donors (Lipinski definition) is 1. The van der Waals surface area contributed by atoms with Gasteiger partial charge in [-0.25, -0.2) is 0 Å². The number of rotatable bonds is 5. The lowest BCUT2D eigenvalue weighted by molar-refractivity contribution is -0.187. The van der Waals surface area contributed by atoms with Gasteiger partial charge in [0.15, 0.2) is 0 Å². The average molecular weight is 513 g/mol. The second kappa shape index (κ2) is 8.12. The van der Waals surface area contributed by atoms with Crippen LogP contribution in [0.2, 0.25) is 0 Å². The van der Waals surface area contributed by atoms with Gasteiger partial charge in [0, 0.05) is 43.4 Å². The molecule has 4 heterocycles. The molecular formula is C24H22F3N7O3. The zero-order valence-electron chi connectivity index (χ0n) is 19.5. The predicted octanol–water partition coefficient (Wildman–Crippen LogP) is 2.06. The number of nitriles is 1. The Bertz CT molecular complexity index is 1440. The van der Waals surface area contributed by atoms with Gasteiger partial charge < -0.3 is 19.8 Å². The summed E-state index contributed by atoms with van der Waals surface area (Å²) < 4.78 is 55.1. The molecule has 1 aliphatic carbocycles. The molecule has 192 valence electrons. The highest BCUT2D eigenvalue weighted by Crippen LogP contribution is 2.75. The molecule has 2 aliphatic heterocycles. The van der Waals surface area contributed by atoms with Gasteiger partial charge in [0.25, 0.3) is 0 Å². The molecular weight excluding hydrogens is 491 g/mol. The van der Waals surface area contributed by atoms with Crippen LogP contribution in [0.25, 0.3) is 10.9 Å². The van der Waals surface area contributed by atoms with Crippen molar-refractivity contribution in [1.29, 1.82) is 5.26 Å². The molecule has 3 fully saturated rings. The number of primary amides is 1. The Balaban J connectivity index is 1.33. The summed E-state index contributed by atoms with van der Waals surface area (Å²) in [4.78, 5) is 19.0. The topological polar surface area (TPSA) is 134 Å². The molecule has 0 spiro atoms. The van der Waals surface area contributed by atoms with Crippen LogP contribution in [0.3, 0.4) is 0 Å². The summed E-state index contributed by atoms with van der Waals surface area (Å²) in [7, 11) is 0. The van der Waals surface area contributed by atoms with Crippen LogP contribution in [-0.2, 0) is 14.9 Å². The number of ether oxygens (including phenoxy) is 1. The number of fused-ring (bicyclic) bond motifs is 2. The van der Waals surface area contributed by atoms with Gasteiger partial charge >= 0.3 is 6.18 Å². The third-order valence-electron chi connectivity index (χ3n) is 7.72. The van der Waals surface area contributed by atoms with Gasteiger partial charge in [-0.05, 0) is 30.7 Å². The summed E-state index contributed by atoms with van der Waals surface area (Å²) >= 11 is 0. The van der Waals surface area contributed by atoms with E-state index in [1.165, 1.54) is 0 Å². The molecule has 37 heavy (non-hydrogen) atoms. The SMILES string of the molecule is N#Cc1ccc(N2C[C@]3(c4nnc([C@H]5CN(CC(N)=O)CCO5)o4)C[C@]3(C(F)(F)F)C2)c2cccnc12. The second-order valence-corrected chi connectivity index (χ2v) is 9.84. The Kier molecular flexibility index (Phi) is 5.19. The van der Waals surface area contributed by atoms with Crippen molar-refractivity contribution in [3.63, 3.8) is 0 Å². The average Bonchev–Trinajstić information content (AvgIpc) is 3.18. The predicted molar refractivity (Wildman–Crippen MR) is 122 cm³/mol. The third kappa shape index (κ3) is 3.54. The number of carbonyl (C=O) groups excluding carboxylic acids is 1. The number of aromatic nitrogens is 3. The smallest absolute Gasteiger partial charge is 0.397 e. The van der Waals surface area contributed by atoms with Crippen molar-refractivity contribution in [2.75, 3.05) is 44.2 Å². The van der Waals surface area contributed by atoms with E-state index in [9.17, 15) is 23.2 Å². The molecule has 0 bridgehead atoms. The van der Waals surface area contributed by atoms with Crippen LogP contribution < -0.4 is 10.6 Å². The number of hydrogen-bond acceptors (Lipinski definition) is 9. The van der Waals surface area contributed by atoms with Gasteiger partial charge in [0.2, 0.25) is 17.7 Å². The van der Waals surface area contributed by atoms with Gasteiger partial charge in [0.1, 0.15) is 17.6 Å². The summed E-state index contributed by atoms with van der Waals surface area (Å²) in [6.07, 6.45) is -3.79. The van der Waals surface area contributed by atoms with E-state index in [0.29, 0.717) is 35.3 Å². The number of nitrogens with two attached hydrogens (primary N) is 1.